The number of alkyl halides is 3. The van der Waals surface area contributed by atoms with Crippen molar-refractivity contribution in [2.45, 2.75) is 6.18 Å². The summed E-state index contributed by atoms with van der Waals surface area (Å²) in [6.45, 7) is -1.48. The SMILES string of the molecule is OB(O)Oc1ccccc1OCC(F)(F)F. The summed E-state index contributed by atoms with van der Waals surface area (Å²) in [5.41, 5.74) is 0. The van der Waals surface area contributed by atoms with Crippen molar-refractivity contribution >= 4 is 7.32 Å². The van der Waals surface area contributed by atoms with Crippen LogP contribution < -0.4 is 9.39 Å². The van der Waals surface area contributed by atoms with Gasteiger partial charge in [0.05, 0.1) is 0 Å². The lowest BCUT2D eigenvalue weighted by molar-refractivity contribution is -0.153. The fourth-order valence-electron chi connectivity index (χ4n) is 0.940. The average Bonchev–Trinajstić information content (AvgIpc) is 2.14. The molecule has 0 radical (unpaired) electrons. The number of ether oxygens (including phenoxy) is 1. The lowest BCUT2D eigenvalue weighted by Gasteiger charge is -2.13. The van der Waals surface area contributed by atoms with Crippen molar-refractivity contribution in [3.63, 3.8) is 0 Å². The molecule has 0 fully saturated rings. The Kier molecular flexibility index (Phi) is 4.02. The zero-order valence-electron chi connectivity index (χ0n) is 7.94. The highest BCUT2D eigenvalue weighted by molar-refractivity contribution is 6.33. The Labute approximate surface area is 89.4 Å². The first kappa shape index (κ1) is 12.7. The average molecular weight is 236 g/mol. The highest BCUT2D eigenvalue weighted by Gasteiger charge is 2.29. The van der Waals surface area contributed by atoms with Crippen LogP contribution in [0, 0.1) is 0 Å². The standard InChI is InChI=1S/C8H8BF3O4/c10-8(11,12)5-15-6-3-1-2-4-7(6)16-9(13)14/h1-4,13-14H,5H2. The first-order chi connectivity index (χ1) is 7.38. The van der Waals surface area contributed by atoms with E-state index in [1.165, 1.54) is 24.3 Å². The van der Waals surface area contributed by atoms with Crippen molar-refractivity contribution in [2.75, 3.05) is 6.61 Å². The van der Waals surface area contributed by atoms with Gasteiger partial charge in [-0.15, -0.1) is 0 Å². The van der Waals surface area contributed by atoms with Crippen molar-refractivity contribution in [1.82, 2.24) is 0 Å². The Bertz CT molecular complexity index is 342. The van der Waals surface area contributed by atoms with E-state index in [2.05, 4.69) is 9.39 Å². The van der Waals surface area contributed by atoms with Gasteiger partial charge in [0, 0.05) is 0 Å². The maximum absolute atomic E-state index is 11.9. The third-order valence-corrected chi connectivity index (χ3v) is 1.47. The normalized spacial score (nSPS) is 11.1. The third-order valence-electron chi connectivity index (χ3n) is 1.47. The highest BCUT2D eigenvalue weighted by Crippen LogP contribution is 2.28. The number of halogens is 3. The van der Waals surface area contributed by atoms with E-state index in [0.717, 1.165) is 0 Å². The molecular formula is C8H8BF3O4. The Morgan fingerprint density at radius 3 is 2.19 bits per heavy atom. The molecule has 1 rings (SSSR count). The monoisotopic (exact) mass is 236 g/mol. The molecule has 0 saturated carbocycles. The van der Waals surface area contributed by atoms with E-state index in [1.807, 2.05) is 0 Å². The van der Waals surface area contributed by atoms with Crippen molar-refractivity contribution in [3.05, 3.63) is 24.3 Å². The van der Waals surface area contributed by atoms with E-state index in [-0.39, 0.29) is 11.5 Å². The van der Waals surface area contributed by atoms with Crippen LogP contribution >= 0.6 is 0 Å². The molecule has 1 aromatic carbocycles. The smallest absolute Gasteiger partial charge is 0.509 e. The van der Waals surface area contributed by atoms with Crippen molar-refractivity contribution in [1.29, 1.82) is 0 Å². The summed E-state index contributed by atoms with van der Waals surface area (Å²) in [4.78, 5) is 0. The molecule has 0 bridgehead atoms. The van der Waals surface area contributed by atoms with Crippen LogP contribution in [0.2, 0.25) is 0 Å². The van der Waals surface area contributed by atoms with Crippen LogP contribution in [0.5, 0.6) is 11.5 Å². The van der Waals surface area contributed by atoms with E-state index < -0.39 is 20.1 Å². The summed E-state index contributed by atoms with van der Waals surface area (Å²) >= 11 is 0. The van der Waals surface area contributed by atoms with E-state index in [0.29, 0.717) is 0 Å². The number of para-hydroxylation sites is 2. The van der Waals surface area contributed by atoms with Crippen molar-refractivity contribution < 1.29 is 32.6 Å². The molecule has 2 N–H and O–H groups in total. The van der Waals surface area contributed by atoms with Gasteiger partial charge in [-0.2, -0.15) is 13.2 Å². The lowest BCUT2D eigenvalue weighted by atomic mass is 10.2. The summed E-state index contributed by atoms with van der Waals surface area (Å²) in [7, 11) is -2.12. The van der Waals surface area contributed by atoms with Crippen molar-refractivity contribution in [3.8, 4) is 11.5 Å². The summed E-state index contributed by atoms with van der Waals surface area (Å²) < 4.78 is 44.5. The van der Waals surface area contributed by atoms with Gasteiger partial charge in [0.1, 0.15) is 5.75 Å². The minimum absolute atomic E-state index is 0.179. The van der Waals surface area contributed by atoms with Gasteiger partial charge in [-0.05, 0) is 12.1 Å². The fourth-order valence-corrected chi connectivity index (χ4v) is 0.940. The lowest BCUT2D eigenvalue weighted by Crippen LogP contribution is -2.22. The number of hydrogen-bond donors (Lipinski definition) is 2. The quantitative estimate of drug-likeness (QED) is 0.765. The van der Waals surface area contributed by atoms with E-state index in [1.54, 1.807) is 0 Å². The molecule has 0 heterocycles. The minimum Gasteiger partial charge on any atom is -0.509 e. The summed E-state index contributed by atoms with van der Waals surface area (Å²) in [6.07, 6.45) is -4.47. The fraction of sp³-hybridized carbons (Fsp3) is 0.250. The molecule has 4 nitrogen and oxygen atoms in total. The summed E-state index contributed by atoms with van der Waals surface area (Å²) in [6, 6.07) is 5.37. The van der Waals surface area contributed by atoms with Gasteiger partial charge in [0.2, 0.25) is 0 Å². The second-order valence-corrected chi connectivity index (χ2v) is 2.79. The van der Waals surface area contributed by atoms with E-state index in [9.17, 15) is 13.2 Å². The zero-order chi connectivity index (χ0) is 12.2. The summed E-state index contributed by atoms with van der Waals surface area (Å²) in [5, 5.41) is 17.0. The Balaban J connectivity index is 2.71. The summed E-state index contributed by atoms with van der Waals surface area (Å²) in [5.74, 6) is -0.394. The number of benzene rings is 1. The van der Waals surface area contributed by atoms with Crippen LogP contribution in [0.4, 0.5) is 13.2 Å². The molecule has 88 valence electrons. The van der Waals surface area contributed by atoms with Crippen LogP contribution in [0.3, 0.4) is 0 Å². The van der Waals surface area contributed by atoms with Crippen LogP contribution in [-0.4, -0.2) is 30.2 Å². The van der Waals surface area contributed by atoms with Crippen LogP contribution in [0.15, 0.2) is 24.3 Å². The predicted octanol–water partition coefficient (Wildman–Crippen LogP) is 0.976. The Hall–Kier alpha value is -1.41. The van der Waals surface area contributed by atoms with Gasteiger partial charge in [-0.3, -0.25) is 0 Å². The molecule has 0 aliphatic rings. The molecule has 0 saturated heterocycles. The Morgan fingerprint density at radius 2 is 1.69 bits per heavy atom. The largest absolute Gasteiger partial charge is 0.707 e. The van der Waals surface area contributed by atoms with Crippen LogP contribution in [-0.2, 0) is 0 Å². The van der Waals surface area contributed by atoms with Gasteiger partial charge in [0.15, 0.2) is 12.4 Å². The van der Waals surface area contributed by atoms with Gasteiger partial charge in [0.25, 0.3) is 0 Å². The number of rotatable bonds is 4. The third kappa shape index (κ3) is 4.41. The van der Waals surface area contributed by atoms with Crippen molar-refractivity contribution in [2.24, 2.45) is 0 Å². The van der Waals surface area contributed by atoms with Gasteiger partial charge in [-0.25, -0.2) is 0 Å². The molecule has 0 spiro atoms. The van der Waals surface area contributed by atoms with Gasteiger partial charge < -0.3 is 19.4 Å². The second-order valence-electron chi connectivity index (χ2n) is 2.79. The van der Waals surface area contributed by atoms with E-state index >= 15 is 0 Å². The first-order valence-electron chi connectivity index (χ1n) is 4.20. The molecule has 1 aromatic rings. The topological polar surface area (TPSA) is 58.9 Å². The molecular weight excluding hydrogens is 228 g/mol. The molecule has 0 aliphatic heterocycles. The highest BCUT2D eigenvalue weighted by atomic mass is 19.4. The zero-order valence-corrected chi connectivity index (χ0v) is 7.94. The number of hydrogen-bond acceptors (Lipinski definition) is 4. The van der Waals surface area contributed by atoms with Crippen LogP contribution in [0.25, 0.3) is 0 Å². The van der Waals surface area contributed by atoms with Gasteiger partial charge >= 0.3 is 13.5 Å². The molecule has 0 unspecified atom stereocenters. The van der Waals surface area contributed by atoms with Gasteiger partial charge in [-0.1, -0.05) is 12.1 Å². The first-order valence-corrected chi connectivity index (χ1v) is 4.20. The maximum Gasteiger partial charge on any atom is 0.707 e. The molecule has 8 heteroatoms. The Morgan fingerprint density at radius 1 is 1.12 bits per heavy atom. The predicted molar refractivity (Wildman–Crippen MR) is 48.8 cm³/mol. The minimum atomic E-state index is -4.47. The van der Waals surface area contributed by atoms with Crippen LogP contribution in [0.1, 0.15) is 0 Å². The molecule has 0 aromatic heterocycles. The molecule has 0 aliphatic carbocycles. The molecule has 0 atom stereocenters. The molecule has 16 heavy (non-hydrogen) atoms. The second kappa shape index (κ2) is 5.08. The maximum atomic E-state index is 11.9. The molecule has 0 amide bonds. The van der Waals surface area contributed by atoms with E-state index in [4.69, 9.17) is 10.0 Å².